The number of aromatic nitrogens is 1. The van der Waals surface area contributed by atoms with Crippen molar-refractivity contribution >= 4 is 35.7 Å². The number of halogens is 4. The number of alkyl halides is 3. The molecule has 0 unspecified atom stereocenters. The summed E-state index contributed by atoms with van der Waals surface area (Å²) in [7, 11) is 0. The van der Waals surface area contributed by atoms with Gasteiger partial charge >= 0.3 is 12.3 Å². The van der Waals surface area contributed by atoms with E-state index in [0.717, 1.165) is 46.1 Å². The number of amides is 1. The predicted molar refractivity (Wildman–Crippen MR) is 142 cm³/mol. The Kier molecular flexibility index (Phi) is 7.63. The molecule has 3 aromatic carbocycles. The van der Waals surface area contributed by atoms with Gasteiger partial charge in [-0.3, -0.25) is 9.78 Å². The van der Waals surface area contributed by atoms with Crippen molar-refractivity contribution in [1.82, 2.24) is 10.3 Å². The number of carbonyl (C=O) groups is 2. The van der Waals surface area contributed by atoms with Crippen LogP contribution < -0.4 is 5.32 Å². The number of pyridine rings is 1. The smallest absolute Gasteiger partial charge is 0.416 e. The minimum absolute atomic E-state index is 0.0154. The number of nitrogens with one attached hydrogen (secondary N) is 1. The lowest BCUT2D eigenvalue weighted by Crippen LogP contribution is -2.27. The van der Waals surface area contributed by atoms with Gasteiger partial charge in [0.2, 0.25) is 0 Å². The lowest BCUT2D eigenvalue weighted by molar-refractivity contribution is -0.138. The molecule has 0 aliphatic heterocycles. The summed E-state index contributed by atoms with van der Waals surface area (Å²) in [6.45, 7) is -0.480. The highest BCUT2D eigenvalue weighted by molar-refractivity contribution is 7.99. The molecule has 0 saturated heterocycles. The summed E-state index contributed by atoms with van der Waals surface area (Å²) in [4.78, 5) is 28.4. The standard InChI is InChI=1S/C29H20ClF3N2O3S/c30-24-12-11-23(29(31,32)33)21(27(24)39-26-10-5-13-34-25(26)15-36)14-35-28(37)38-16-22-19-8-3-1-6-17(19)18-7-2-4-9-20(18)22/h1-13,15,22H,14,16H2,(H,35,37). The van der Waals surface area contributed by atoms with Gasteiger partial charge in [-0.15, -0.1) is 0 Å². The number of hydrogen-bond donors (Lipinski definition) is 1. The molecule has 1 amide bonds. The summed E-state index contributed by atoms with van der Waals surface area (Å²) in [6.07, 6.45) is -3.66. The van der Waals surface area contributed by atoms with E-state index >= 15 is 0 Å². The highest BCUT2D eigenvalue weighted by atomic mass is 35.5. The maximum absolute atomic E-state index is 13.9. The number of rotatable bonds is 7. The molecule has 39 heavy (non-hydrogen) atoms. The quantitative estimate of drug-likeness (QED) is 0.231. The van der Waals surface area contributed by atoms with E-state index in [1.807, 2.05) is 48.5 Å². The molecule has 10 heteroatoms. The molecule has 0 atom stereocenters. The van der Waals surface area contributed by atoms with E-state index < -0.39 is 24.4 Å². The Morgan fingerprint density at radius 3 is 2.31 bits per heavy atom. The SMILES string of the molecule is O=Cc1ncccc1Sc1c(Cl)ccc(C(F)(F)F)c1CNC(=O)OCC1c2ccccc2-c2ccccc21. The summed E-state index contributed by atoms with van der Waals surface area (Å²) < 4.78 is 47.3. The van der Waals surface area contributed by atoms with E-state index in [2.05, 4.69) is 10.3 Å². The van der Waals surface area contributed by atoms with E-state index in [9.17, 15) is 22.8 Å². The number of alkyl carbamates (subject to hydrolysis) is 1. The molecule has 1 aliphatic carbocycles. The fraction of sp³-hybridized carbons (Fsp3) is 0.138. The number of hydrogen-bond acceptors (Lipinski definition) is 5. The molecule has 0 spiro atoms. The zero-order chi connectivity index (χ0) is 27.6. The normalized spacial score (nSPS) is 12.5. The van der Waals surface area contributed by atoms with E-state index in [1.54, 1.807) is 12.1 Å². The second-order valence-corrected chi connectivity index (χ2v) is 10.1. The fourth-order valence-corrected chi connectivity index (χ4v) is 5.98. The third-order valence-corrected chi connectivity index (χ3v) is 8.06. The minimum Gasteiger partial charge on any atom is -0.449 e. The van der Waals surface area contributed by atoms with Gasteiger partial charge in [-0.1, -0.05) is 71.9 Å². The summed E-state index contributed by atoms with van der Waals surface area (Å²) in [6, 6.07) is 20.8. The third-order valence-electron chi connectivity index (χ3n) is 6.39. The van der Waals surface area contributed by atoms with Gasteiger partial charge < -0.3 is 10.1 Å². The average Bonchev–Trinajstić information content (AvgIpc) is 3.25. The minimum atomic E-state index is -4.71. The van der Waals surface area contributed by atoms with Gasteiger partial charge in [0.05, 0.1) is 10.6 Å². The largest absolute Gasteiger partial charge is 0.449 e. The van der Waals surface area contributed by atoms with Crippen LogP contribution in [0.2, 0.25) is 5.02 Å². The molecule has 1 heterocycles. The van der Waals surface area contributed by atoms with Crippen LogP contribution in [0.5, 0.6) is 0 Å². The van der Waals surface area contributed by atoms with Gasteiger partial charge in [0.15, 0.2) is 6.29 Å². The van der Waals surface area contributed by atoms with Gasteiger partial charge in [0.1, 0.15) is 12.3 Å². The first-order valence-electron chi connectivity index (χ1n) is 11.8. The van der Waals surface area contributed by atoms with Crippen LogP contribution in [-0.2, 0) is 17.5 Å². The second kappa shape index (κ2) is 11.1. The Bertz CT molecular complexity index is 1520. The number of carbonyl (C=O) groups excluding carboxylic acids is 2. The molecule has 0 saturated carbocycles. The van der Waals surface area contributed by atoms with E-state index in [4.69, 9.17) is 16.3 Å². The van der Waals surface area contributed by atoms with Crippen molar-refractivity contribution in [3.8, 4) is 11.1 Å². The number of nitrogens with zero attached hydrogens (tertiary/aromatic N) is 1. The molecule has 1 aliphatic rings. The molecule has 4 aromatic rings. The van der Waals surface area contributed by atoms with Crippen molar-refractivity contribution in [3.05, 3.63) is 112 Å². The highest BCUT2D eigenvalue weighted by Gasteiger charge is 2.35. The number of benzene rings is 3. The Hall–Kier alpha value is -3.82. The Morgan fingerprint density at radius 1 is 1.00 bits per heavy atom. The summed E-state index contributed by atoms with van der Waals surface area (Å²) >= 11 is 7.19. The van der Waals surface area contributed by atoms with Crippen molar-refractivity contribution in [2.24, 2.45) is 0 Å². The molecular formula is C29H20ClF3N2O3S. The number of ether oxygens (including phenoxy) is 1. The molecule has 5 nitrogen and oxygen atoms in total. The molecule has 0 radical (unpaired) electrons. The molecule has 1 aromatic heterocycles. The van der Waals surface area contributed by atoms with E-state index in [-0.39, 0.29) is 33.7 Å². The van der Waals surface area contributed by atoms with Crippen LogP contribution in [0, 0.1) is 0 Å². The number of aldehydes is 1. The van der Waals surface area contributed by atoms with Gasteiger partial charge in [-0.2, -0.15) is 13.2 Å². The lowest BCUT2D eigenvalue weighted by Gasteiger charge is -2.19. The predicted octanol–water partition coefficient (Wildman–Crippen LogP) is 7.76. The van der Waals surface area contributed by atoms with Crippen LogP contribution in [0.25, 0.3) is 11.1 Å². The Morgan fingerprint density at radius 2 is 1.67 bits per heavy atom. The maximum atomic E-state index is 13.9. The van der Waals surface area contributed by atoms with Crippen molar-refractivity contribution in [1.29, 1.82) is 0 Å². The topological polar surface area (TPSA) is 68.3 Å². The summed E-state index contributed by atoms with van der Waals surface area (Å²) in [5, 5.41) is 2.49. The molecule has 1 N–H and O–H groups in total. The first kappa shape index (κ1) is 26.8. The first-order chi connectivity index (χ1) is 18.8. The van der Waals surface area contributed by atoms with Gasteiger partial charge in [0.25, 0.3) is 0 Å². The Balaban J connectivity index is 1.36. The molecule has 5 rings (SSSR count). The van der Waals surface area contributed by atoms with Crippen LogP contribution >= 0.6 is 23.4 Å². The maximum Gasteiger partial charge on any atom is 0.416 e. The fourth-order valence-electron chi connectivity index (χ4n) is 4.65. The van der Waals surface area contributed by atoms with Crippen LogP contribution in [0.3, 0.4) is 0 Å². The van der Waals surface area contributed by atoms with Crippen LogP contribution in [0.1, 0.15) is 38.7 Å². The monoisotopic (exact) mass is 568 g/mol. The van der Waals surface area contributed by atoms with Gasteiger partial charge in [-0.05, 0) is 52.1 Å². The summed E-state index contributed by atoms with van der Waals surface area (Å²) in [5.74, 6) is -0.196. The lowest BCUT2D eigenvalue weighted by atomic mass is 9.98. The van der Waals surface area contributed by atoms with Crippen molar-refractivity contribution in [2.45, 2.75) is 28.4 Å². The zero-order valence-electron chi connectivity index (χ0n) is 20.2. The van der Waals surface area contributed by atoms with Crippen LogP contribution in [-0.4, -0.2) is 24.0 Å². The van der Waals surface area contributed by atoms with Gasteiger partial charge in [0, 0.05) is 28.5 Å². The Labute approximate surface area is 231 Å². The zero-order valence-corrected chi connectivity index (χ0v) is 21.7. The van der Waals surface area contributed by atoms with E-state index in [0.29, 0.717) is 11.2 Å². The molecule has 0 fully saturated rings. The van der Waals surface area contributed by atoms with Gasteiger partial charge in [-0.25, -0.2) is 4.79 Å². The second-order valence-electron chi connectivity index (χ2n) is 8.69. The van der Waals surface area contributed by atoms with Crippen LogP contribution in [0.15, 0.2) is 88.8 Å². The molecular weight excluding hydrogens is 549 g/mol. The van der Waals surface area contributed by atoms with Crippen molar-refractivity contribution in [3.63, 3.8) is 0 Å². The third kappa shape index (κ3) is 5.51. The molecule has 198 valence electrons. The van der Waals surface area contributed by atoms with E-state index in [1.165, 1.54) is 6.20 Å². The van der Waals surface area contributed by atoms with Crippen molar-refractivity contribution < 1.29 is 27.5 Å². The van der Waals surface area contributed by atoms with Crippen LogP contribution in [0.4, 0.5) is 18.0 Å². The summed E-state index contributed by atoms with van der Waals surface area (Å²) in [5.41, 5.74) is 3.01. The highest BCUT2D eigenvalue weighted by Crippen LogP contribution is 2.45. The van der Waals surface area contributed by atoms with Crippen molar-refractivity contribution in [2.75, 3.05) is 6.61 Å². The first-order valence-corrected chi connectivity index (χ1v) is 13.0. The molecule has 0 bridgehead atoms. The number of fused-ring (bicyclic) bond motifs is 3. The average molecular weight is 569 g/mol.